The zero-order valence-electron chi connectivity index (χ0n) is 20.4. The number of benzene rings is 2. The van der Waals surface area contributed by atoms with Crippen molar-refractivity contribution in [3.05, 3.63) is 70.8 Å². The van der Waals surface area contributed by atoms with E-state index in [9.17, 15) is 19.8 Å². The number of aromatic hydroxyl groups is 1. The monoisotopic (exact) mass is 464 g/mol. The van der Waals surface area contributed by atoms with Crippen molar-refractivity contribution in [1.29, 1.82) is 0 Å². The molecule has 0 aromatic heterocycles. The molecule has 3 rings (SSSR count). The Hall–Kier alpha value is -3.08. The number of aromatic carboxylic acids is 1. The molecule has 2 aromatic carbocycles. The summed E-state index contributed by atoms with van der Waals surface area (Å²) >= 11 is 0. The van der Waals surface area contributed by atoms with Crippen molar-refractivity contribution in [2.45, 2.75) is 64.7 Å². The lowest BCUT2D eigenvalue weighted by Crippen LogP contribution is -2.20. The normalized spacial score (nSPS) is 19.4. The Labute approximate surface area is 202 Å². The molecule has 1 aliphatic rings. The van der Waals surface area contributed by atoms with Gasteiger partial charge in [-0.2, -0.15) is 0 Å². The van der Waals surface area contributed by atoms with Crippen molar-refractivity contribution in [2.24, 2.45) is 11.8 Å². The lowest BCUT2D eigenvalue weighted by molar-refractivity contribution is -0.138. The Morgan fingerprint density at radius 3 is 2.56 bits per heavy atom. The third-order valence-electron chi connectivity index (χ3n) is 7.00. The number of carbonyl (C=O) groups is 2. The number of ether oxygens (including phenoxy) is 1. The van der Waals surface area contributed by atoms with E-state index in [1.807, 2.05) is 30.3 Å². The SMILES string of the molecule is C[C@H](CCC[C@H](C)[C@@H]1CC[C@@H](C)c2c(O)cc(C(=O)O)cc21)COC(=O)/C=C/c1ccccc1. The van der Waals surface area contributed by atoms with Gasteiger partial charge in [-0.3, -0.25) is 0 Å². The molecule has 2 N–H and O–H groups in total. The number of carboxylic acid groups (broad SMARTS) is 1. The molecule has 5 nitrogen and oxygen atoms in total. The number of esters is 1. The van der Waals surface area contributed by atoms with Gasteiger partial charge in [0, 0.05) is 11.6 Å². The van der Waals surface area contributed by atoms with Gasteiger partial charge in [0.1, 0.15) is 5.75 Å². The molecule has 2 aromatic rings. The molecule has 4 atom stereocenters. The second-order valence-corrected chi connectivity index (χ2v) is 9.78. The maximum atomic E-state index is 12.0. The molecule has 1 aliphatic carbocycles. The highest BCUT2D eigenvalue weighted by Crippen LogP contribution is 2.47. The predicted molar refractivity (Wildman–Crippen MR) is 134 cm³/mol. The molecule has 34 heavy (non-hydrogen) atoms. The Bertz CT molecular complexity index is 1010. The summed E-state index contributed by atoms with van der Waals surface area (Å²) in [5.74, 6) is -0.118. The first kappa shape index (κ1) is 25.5. The van der Waals surface area contributed by atoms with Gasteiger partial charge in [-0.1, -0.05) is 63.9 Å². The van der Waals surface area contributed by atoms with E-state index < -0.39 is 5.97 Å². The molecular weight excluding hydrogens is 428 g/mol. The Morgan fingerprint density at radius 2 is 1.85 bits per heavy atom. The van der Waals surface area contributed by atoms with Crippen LogP contribution in [0.15, 0.2) is 48.5 Å². The van der Waals surface area contributed by atoms with Crippen LogP contribution >= 0.6 is 0 Å². The van der Waals surface area contributed by atoms with Crippen molar-refractivity contribution in [2.75, 3.05) is 6.61 Å². The van der Waals surface area contributed by atoms with Crippen LogP contribution < -0.4 is 0 Å². The van der Waals surface area contributed by atoms with E-state index in [-0.39, 0.29) is 35.0 Å². The summed E-state index contributed by atoms with van der Waals surface area (Å²) in [6, 6.07) is 12.8. The summed E-state index contributed by atoms with van der Waals surface area (Å²) in [7, 11) is 0. The number of phenols is 1. The quantitative estimate of drug-likeness (QED) is 0.299. The topological polar surface area (TPSA) is 83.8 Å². The van der Waals surface area contributed by atoms with Crippen LogP contribution in [0.2, 0.25) is 0 Å². The molecule has 5 heteroatoms. The summed E-state index contributed by atoms with van der Waals surface area (Å²) in [6.45, 7) is 6.80. The number of hydrogen-bond acceptors (Lipinski definition) is 4. The number of carbonyl (C=O) groups excluding carboxylic acids is 1. The van der Waals surface area contributed by atoms with Gasteiger partial charge in [-0.15, -0.1) is 0 Å². The minimum Gasteiger partial charge on any atom is -0.508 e. The average molecular weight is 465 g/mol. The maximum absolute atomic E-state index is 12.0. The molecule has 0 fully saturated rings. The van der Waals surface area contributed by atoms with Crippen LogP contribution in [0.4, 0.5) is 0 Å². The summed E-state index contributed by atoms with van der Waals surface area (Å²) in [4.78, 5) is 23.5. The molecule has 0 saturated heterocycles. The molecular formula is C29H36O5. The van der Waals surface area contributed by atoms with Crippen LogP contribution in [0.3, 0.4) is 0 Å². The fourth-order valence-electron chi connectivity index (χ4n) is 5.02. The van der Waals surface area contributed by atoms with Gasteiger partial charge >= 0.3 is 11.9 Å². The van der Waals surface area contributed by atoms with Crippen molar-refractivity contribution in [3.8, 4) is 5.75 Å². The Kier molecular flexibility index (Phi) is 8.91. The zero-order chi connectivity index (χ0) is 24.7. The fourth-order valence-corrected chi connectivity index (χ4v) is 5.02. The molecule has 0 amide bonds. The van der Waals surface area contributed by atoms with Gasteiger partial charge < -0.3 is 14.9 Å². The average Bonchev–Trinajstić information content (AvgIpc) is 2.81. The van der Waals surface area contributed by atoms with Gasteiger partial charge in [0.25, 0.3) is 0 Å². The number of fused-ring (bicyclic) bond motifs is 1. The second-order valence-electron chi connectivity index (χ2n) is 9.78. The van der Waals surface area contributed by atoms with E-state index in [2.05, 4.69) is 20.8 Å². The number of phenolic OH excluding ortho intramolecular Hbond substituents is 1. The van der Waals surface area contributed by atoms with Crippen LogP contribution in [0.25, 0.3) is 6.08 Å². The summed E-state index contributed by atoms with van der Waals surface area (Å²) in [5, 5.41) is 19.9. The van der Waals surface area contributed by atoms with Gasteiger partial charge in [0.15, 0.2) is 0 Å². The summed E-state index contributed by atoms with van der Waals surface area (Å²) in [6.07, 6.45) is 8.17. The second kappa shape index (κ2) is 11.9. The van der Waals surface area contributed by atoms with Crippen LogP contribution in [0.5, 0.6) is 5.75 Å². The van der Waals surface area contributed by atoms with Crippen molar-refractivity contribution >= 4 is 18.0 Å². The van der Waals surface area contributed by atoms with Crippen molar-refractivity contribution in [1.82, 2.24) is 0 Å². The standard InChI is InChI=1S/C29H36O5/c1-19(18-34-27(31)15-13-22-10-5-4-6-11-22)8-7-9-20(2)24-14-12-21(3)28-25(24)16-23(29(32)33)17-26(28)30/h4-6,10-11,13,15-17,19-21,24,30H,7-9,12,14,18H2,1-3H3,(H,32,33)/b15-13+/t19-,20+,21-,24+/m1/s1. The largest absolute Gasteiger partial charge is 0.508 e. The molecule has 0 unspecified atom stereocenters. The first-order valence-corrected chi connectivity index (χ1v) is 12.3. The van der Waals surface area contributed by atoms with Gasteiger partial charge in [-0.25, -0.2) is 9.59 Å². The smallest absolute Gasteiger partial charge is 0.335 e. The predicted octanol–water partition coefficient (Wildman–Crippen LogP) is 6.77. The maximum Gasteiger partial charge on any atom is 0.335 e. The summed E-state index contributed by atoms with van der Waals surface area (Å²) in [5.41, 5.74) is 3.02. The Morgan fingerprint density at radius 1 is 1.12 bits per heavy atom. The van der Waals surface area contributed by atoms with E-state index in [4.69, 9.17) is 4.74 Å². The third-order valence-corrected chi connectivity index (χ3v) is 7.00. The first-order chi connectivity index (χ1) is 16.3. The Balaban J connectivity index is 1.49. The van der Waals surface area contributed by atoms with Crippen molar-refractivity contribution < 1.29 is 24.5 Å². The van der Waals surface area contributed by atoms with Crippen molar-refractivity contribution in [3.63, 3.8) is 0 Å². The highest BCUT2D eigenvalue weighted by Gasteiger charge is 2.31. The number of carboxylic acids is 1. The highest BCUT2D eigenvalue weighted by molar-refractivity contribution is 5.89. The van der Waals surface area contributed by atoms with Crippen LogP contribution in [-0.2, 0) is 9.53 Å². The molecule has 0 aliphatic heterocycles. The van der Waals surface area contributed by atoms with Crippen LogP contribution in [-0.4, -0.2) is 28.8 Å². The molecule has 0 bridgehead atoms. The highest BCUT2D eigenvalue weighted by atomic mass is 16.5. The molecule has 0 heterocycles. The lowest BCUT2D eigenvalue weighted by atomic mass is 9.70. The van der Waals surface area contributed by atoms with E-state index in [0.29, 0.717) is 12.5 Å². The van der Waals surface area contributed by atoms with Crippen LogP contribution in [0, 0.1) is 11.8 Å². The van der Waals surface area contributed by atoms with E-state index in [1.54, 1.807) is 12.1 Å². The van der Waals surface area contributed by atoms with E-state index in [0.717, 1.165) is 48.8 Å². The molecule has 0 spiro atoms. The van der Waals surface area contributed by atoms with E-state index >= 15 is 0 Å². The van der Waals surface area contributed by atoms with Gasteiger partial charge in [0.2, 0.25) is 0 Å². The van der Waals surface area contributed by atoms with Crippen LogP contribution in [0.1, 0.15) is 91.8 Å². The lowest BCUT2D eigenvalue weighted by Gasteiger charge is -2.34. The first-order valence-electron chi connectivity index (χ1n) is 12.3. The molecule has 0 saturated carbocycles. The van der Waals surface area contributed by atoms with Gasteiger partial charge in [0.05, 0.1) is 12.2 Å². The summed E-state index contributed by atoms with van der Waals surface area (Å²) < 4.78 is 5.40. The molecule has 182 valence electrons. The minimum absolute atomic E-state index is 0.107. The minimum atomic E-state index is -1.01. The van der Waals surface area contributed by atoms with Gasteiger partial charge in [-0.05, 0) is 72.3 Å². The zero-order valence-corrected chi connectivity index (χ0v) is 20.4. The van der Waals surface area contributed by atoms with E-state index in [1.165, 1.54) is 12.1 Å². The third kappa shape index (κ3) is 6.72. The molecule has 0 radical (unpaired) electrons. The number of hydrogen-bond donors (Lipinski definition) is 2. The fraction of sp³-hybridized carbons (Fsp3) is 0.448. The number of rotatable bonds is 10.